The van der Waals surface area contributed by atoms with E-state index in [0.717, 1.165) is 35.3 Å². The molecule has 176 valence electrons. The van der Waals surface area contributed by atoms with Crippen LogP contribution in [0.4, 0.5) is 0 Å². The van der Waals surface area contributed by atoms with Crippen LogP contribution in [0.15, 0.2) is 54.6 Å². The Hall–Kier alpha value is -3.67. The number of likely N-dealkylation sites (N-methyl/N-ethyl adjacent to an activating group) is 1. The fourth-order valence-corrected chi connectivity index (χ4v) is 5.31. The Kier molecular flexibility index (Phi) is 5.82. The molecule has 1 amide bonds. The van der Waals surface area contributed by atoms with Crippen molar-refractivity contribution in [2.45, 2.75) is 31.4 Å². The van der Waals surface area contributed by atoms with Crippen molar-refractivity contribution in [3.63, 3.8) is 0 Å². The third-order valence-corrected chi connectivity index (χ3v) is 7.01. The number of rotatable bonds is 6. The Morgan fingerprint density at radius 1 is 0.853 bits per heavy atom. The summed E-state index contributed by atoms with van der Waals surface area (Å²) < 4.78 is 22.8. The zero-order valence-corrected chi connectivity index (χ0v) is 20.0. The monoisotopic (exact) mass is 459 g/mol. The van der Waals surface area contributed by atoms with Gasteiger partial charge in [-0.05, 0) is 59.4 Å². The lowest BCUT2D eigenvalue weighted by Gasteiger charge is -2.44. The third kappa shape index (κ3) is 3.63. The van der Waals surface area contributed by atoms with Crippen LogP contribution in [0.5, 0.6) is 23.0 Å². The van der Waals surface area contributed by atoms with Crippen LogP contribution >= 0.6 is 0 Å². The number of nitrogens with zero attached hydrogens (tertiary/aromatic N) is 1. The minimum Gasteiger partial charge on any atom is -0.493 e. The van der Waals surface area contributed by atoms with Gasteiger partial charge in [0.1, 0.15) is 6.61 Å². The summed E-state index contributed by atoms with van der Waals surface area (Å²) in [6.45, 7) is 0.468. The summed E-state index contributed by atoms with van der Waals surface area (Å²) in [7, 11) is 6.74. The molecule has 0 aromatic heterocycles. The van der Waals surface area contributed by atoms with Gasteiger partial charge in [-0.2, -0.15) is 0 Å². The van der Waals surface area contributed by atoms with Crippen LogP contribution in [0.1, 0.15) is 51.0 Å². The van der Waals surface area contributed by atoms with E-state index >= 15 is 0 Å². The van der Waals surface area contributed by atoms with Gasteiger partial charge in [-0.1, -0.05) is 30.3 Å². The first-order chi connectivity index (χ1) is 16.5. The van der Waals surface area contributed by atoms with E-state index in [1.165, 1.54) is 5.56 Å². The lowest BCUT2D eigenvalue weighted by molar-refractivity contribution is 0.0656. The van der Waals surface area contributed by atoms with Crippen LogP contribution in [0.2, 0.25) is 0 Å². The highest BCUT2D eigenvalue weighted by Gasteiger charge is 2.43. The number of carbonyl (C=O) groups excluding carboxylic acids is 1. The molecule has 5 rings (SSSR count). The first-order valence-corrected chi connectivity index (χ1v) is 11.5. The van der Waals surface area contributed by atoms with Crippen LogP contribution in [-0.4, -0.2) is 39.2 Å². The molecular formula is C28H29NO5. The molecule has 0 saturated carbocycles. The maximum Gasteiger partial charge on any atom is 0.254 e. The van der Waals surface area contributed by atoms with Crippen molar-refractivity contribution in [1.82, 2.24) is 4.90 Å². The van der Waals surface area contributed by atoms with Crippen molar-refractivity contribution in [2.24, 2.45) is 0 Å². The second-order valence-electron chi connectivity index (χ2n) is 8.78. The highest BCUT2D eigenvalue weighted by atomic mass is 16.5. The standard InChI is InChI=1S/C28H29NO5/c1-29-27-19(21-14-23(31-2)24(32-3)15-22(21)28(29)30)11-10-18-12-26(25(33-4)13-20(18)27)34-16-17-8-6-5-7-9-17/h5-9,12-15,19,27H,10-11,16H2,1-4H3/t19-,27+/m1/s1. The number of benzene rings is 3. The average molecular weight is 460 g/mol. The molecule has 2 aliphatic rings. The molecule has 1 heterocycles. The summed E-state index contributed by atoms with van der Waals surface area (Å²) >= 11 is 0. The summed E-state index contributed by atoms with van der Waals surface area (Å²) in [6.07, 6.45) is 1.81. The third-order valence-electron chi connectivity index (χ3n) is 7.01. The van der Waals surface area contributed by atoms with Gasteiger partial charge in [0.15, 0.2) is 23.0 Å². The molecular weight excluding hydrogens is 430 g/mol. The van der Waals surface area contributed by atoms with Gasteiger partial charge in [-0.25, -0.2) is 0 Å². The maximum absolute atomic E-state index is 13.4. The van der Waals surface area contributed by atoms with E-state index < -0.39 is 0 Å². The fourth-order valence-electron chi connectivity index (χ4n) is 5.31. The maximum atomic E-state index is 13.4. The average Bonchev–Trinajstić information content (AvgIpc) is 2.89. The summed E-state index contributed by atoms with van der Waals surface area (Å²) in [4.78, 5) is 15.3. The summed E-state index contributed by atoms with van der Waals surface area (Å²) in [5.74, 6) is 2.75. The van der Waals surface area contributed by atoms with E-state index in [9.17, 15) is 4.79 Å². The molecule has 0 bridgehead atoms. The van der Waals surface area contributed by atoms with Crippen molar-refractivity contribution >= 4 is 5.91 Å². The smallest absolute Gasteiger partial charge is 0.254 e. The Labute approximate surface area is 200 Å². The lowest BCUT2D eigenvalue weighted by atomic mass is 9.72. The van der Waals surface area contributed by atoms with Crippen molar-refractivity contribution in [3.8, 4) is 23.0 Å². The summed E-state index contributed by atoms with van der Waals surface area (Å²) in [5, 5.41) is 0. The van der Waals surface area contributed by atoms with Gasteiger partial charge >= 0.3 is 0 Å². The Morgan fingerprint density at radius 2 is 1.50 bits per heavy atom. The number of carbonyl (C=O) groups is 1. The first-order valence-electron chi connectivity index (χ1n) is 11.5. The van der Waals surface area contributed by atoms with Crippen molar-refractivity contribution in [2.75, 3.05) is 28.4 Å². The number of ether oxygens (including phenoxy) is 4. The second kappa shape index (κ2) is 8.93. The Morgan fingerprint density at radius 3 is 2.21 bits per heavy atom. The minimum absolute atomic E-state index is 0.0200. The van der Waals surface area contributed by atoms with E-state index in [0.29, 0.717) is 29.4 Å². The minimum atomic E-state index is -0.0843. The van der Waals surface area contributed by atoms with Crippen LogP contribution in [0.25, 0.3) is 0 Å². The number of hydrogen-bond acceptors (Lipinski definition) is 5. The molecule has 1 aliphatic heterocycles. The molecule has 0 fully saturated rings. The van der Waals surface area contributed by atoms with Gasteiger partial charge in [-0.15, -0.1) is 0 Å². The quantitative estimate of drug-likeness (QED) is 0.510. The molecule has 0 spiro atoms. The number of hydrogen-bond donors (Lipinski definition) is 0. The molecule has 2 atom stereocenters. The van der Waals surface area contributed by atoms with Crippen LogP contribution in [0.3, 0.4) is 0 Å². The number of fused-ring (bicyclic) bond motifs is 5. The SMILES string of the molecule is COc1cc2c(cc1OC)[C@H]1CCc3cc(OCc4ccccc4)c(OC)cc3[C@H]1N(C)C2=O. The first kappa shape index (κ1) is 22.1. The highest BCUT2D eigenvalue weighted by molar-refractivity contribution is 5.98. The van der Waals surface area contributed by atoms with E-state index in [2.05, 4.69) is 6.07 Å². The molecule has 34 heavy (non-hydrogen) atoms. The lowest BCUT2D eigenvalue weighted by Crippen LogP contribution is -2.42. The topological polar surface area (TPSA) is 57.2 Å². The van der Waals surface area contributed by atoms with E-state index in [-0.39, 0.29) is 17.9 Å². The molecule has 0 saturated heterocycles. The van der Waals surface area contributed by atoms with Gasteiger partial charge in [0.25, 0.3) is 5.91 Å². The van der Waals surface area contributed by atoms with Gasteiger partial charge in [-0.3, -0.25) is 4.79 Å². The fraction of sp³-hybridized carbons (Fsp3) is 0.321. The molecule has 0 unspecified atom stereocenters. The van der Waals surface area contributed by atoms with Gasteiger partial charge < -0.3 is 23.8 Å². The molecule has 3 aromatic carbocycles. The largest absolute Gasteiger partial charge is 0.493 e. The Balaban J connectivity index is 1.53. The predicted octanol–water partition coefficient (Wildman–Crippen LogP) is 5.15. The molecule has 6 nitrogen and oxygen atoms in total. The van der Waals surface area contributed by atoms with Crippen LogP contribution < -0.4 is 18.9 Å². The van der Waals surface area contributed by atoms with Gasteiger partial charge in [0.2, 0.25) is 0 Å². The molecule has 1 aliphatic carbocycles. The second-order valence-corrected chi connectivity index (χ2v) is 8.78. The predicted molar refractivity (Wildman–Crippen MR) is 129 cm³/mol. The van der Waals surface area contributed by atoms with E-state index in [1.54, 1.807) is 27.4 Å². The molecule has 3 aromatic rings. The molecule has 0 N–H and O–H groups in total. The molecule has 6 heteroatoms. The number of methoxy groups -OCH3 is 3. The zero-order valence-electron chi connectivity index (χ0n) is 20.0. The van der Waals surface area contributed by atoms with E-state index in [4.69, 9.17) is 18.9 Å². The van der Waals surface area contributed by atoms with E-state index in [1.807, 2.05) is 54.4 Å². The van der Waals surface area contributed by atoms with Gasteiger partial charge in [0.05, 0.1) is 27.4 Å². The van der Waals surface area contributed by atoms with Crippen LogP contribution in [-0.2, 0) is 13.0 Å². The van der Waals surface area contributed by atoms with Crippen molar-refractivity contribution in [1.29, 1.82) is 0 Å². The molecule has 0 radical (unpaired) electrons. The highest BCUT2D eigenvalue weighted by Crippen LogP contribution is 2.52. The summed E-state index contributed by atoms with van der Waals surface area (Å²) in [6, 6.07) is 17.9. The van der Waals surface area contributed by atoms with Crippen molar-refractivity contribution < 1.29 is 23.7 Å². The number of aryl methyl sites for hydroxylation is 1. The van der Waals surface area contributed by atoms with Crippen LogP contribution in [0, 0.1) is 0 Å². The normalized spacial score (nSPS) is 18.5. The zero-order chi connectivity index (χ0) is 23.8. The van der Waals surface area contributed by atoms with Gasteiger partial charge in [0, 0.05) is 18.5 Å². The van der Waals surface area contributed by atoms with Crippen molar-refractivity contribution in [3.05, 3.63) is 82.4 Å². The Bertz CT molecular complexity index is 1220. The number of amides is 1. The summed E-state index contributed by atoms with van der Waals surface area (Å²) in [5.41, 5.74) is 5.09.